The summed E-state index contributed by atoms with van der Waals surface area (Å²) in [7, 11) is 1.42. The van der Waals surface area contributed by atoms with E-state index in [1.807, 2.05) is 0 Å². The van der Waals surface area contributed by atoms with Gasteiger partial charge in [-0.1, -0.05) is 0 Å². The van der Waals surface area contributed by atoms with Gasteiger partial charge in [0.15, 0.2) is 11.6 Å². The number of benzene rings is 1. The summed E-state index contributed by atoms with van der Waals surface area (Å²) in [5.41, 5.74) is 0.769. The maximum atomic E-state index is 13.1. The van der Waals surface area contributed by atoms with Crippen LogP contribution in [0.4, 0.5) is 10.1 Å². The minimum absolute atomic E-state index is 0.0182. The van der Waals surface area contributed by atoms with Gasteiger partial charge in [0.05, 0.1) is 26.9 Å². The smallest absolute Gasteiger partial charge is 0.165 e. The molecule has 0 bridgehead atoms. The summed E-state index contributed by atoms with van der Waals surface area (Å²) in [6.45, 7) is 1.42. The number of anilines is 1. The van der Waals surface area contributed by atoms with Crippen molar-refractivity contribution in [3.05, 3.63) is 24.0 Å². The second kappa shape index (κ2) is 7.03. The third-order valence-electron chi connectivity index (χ3n) is 1.96. The number of aliphatic hydroxyl groups is 1. The van der Waals surface area contributed by atoms with E-state index in [0.29, 0.717) is 19.8 Å². The van der Waals surface area contributed by atoms with Gasteiger partial charge < -0.3 is 19.9 Å². The number of halogens is 1. The molecule has 0 unspecified atom stereocenters. The van der Waals surface area contributed by atoms with Crippen LogP contribution in [0.5, 0.6) is 5.75 Å². The molecule has 0 aliphatic heterocycles. The predicted molar refractivity (Wildman–Crippen MR) is 59.3 cm³/mol. The highest BCUT2D eigenvalue weighted by atomic mass is 19.1. The summed E-state index contributed by atoms with van der Waals surface area (Å²) >= 11 is 0. The molecule has 0 aromatic heterocycles. The van der Waals surface area contributed by atoms with Crippen molar-refractivity contribution in [2.75, 3.05) is 38.8 Å². The molecule has 0 saturated heterocycles. The van der Waals surface area contributed by atoms with Crippen molar-refractivity contribution in [1.82, 2.24) is 0 Å². The number of hydrogen-bond acceptors (Lipinski definition) is 4. The Kier molecular flexibility index (Phi) is 5.60. The van der Waals surface area contributed by atoms with E-state index in [9.17, 15) is 4.39 Å². The van der Waals surface area contributed by atoms with Gasteiger partial charge in [-0.05, 0) is 12.1 Å². The average Bonchev–Trinajstić information content (AvgIpc) is 2.31. The van der Waals surface area contributed by atoms with Gasteiger partial charge in [-0.25, -0.2) is 4.39 Å². The molecule has 90 valence electrons. The highest BCUT2D eigenvalue weighted by molar-refractivity contribution is 5.48. The van der Waals surface area contributed by atoms with Gasteiger partial charge in [-0.3, -0.25) is 0 Å². The number of methoxy groups -OCH3 is 1. The molecule has 0 saturated carbocycles. The van der Waals surface area contributed by atoms with E-state index in [1.54, 1.807) is 12.1 Å². The Hall–Kier alpha value is -1.33. The molecule has 1 aromatic carbocycles. The topological polar surface area (TPSA) is 50.7 Å². The minimum Gasteiger partial charge on any atom is -0.494 e. The fourth-order valence-corrected chi connectivity index (χ4v) is 1.20. The number of ether oxygens (including phenoxy) is 2. The zero-order valence-corrected chi connectivity index (χ0v) is 9.20. The molecule has 4 nitrogen and oxygen atoms in total. The molecule has 2 N–H and O–H groups in total. The molecule has 0 fully saturated rings. The van der Waals surface area contributed by atoms with Crippen LogP contribution in [0.3, 0.4) is 0 Å². The maximum absolute atomic E-state index is 13.1. The van der Waals surface area contributed by atoms with E-state index in [2.05, 4.69) is 5.32 Å². The Morgan fingerprint density at radius 3 is 2.88 bits per heavy atom. The Morgan fingerprint density at radius 1 is 1.38 bits per heavy atom. The van der Waals surface area contributed by atoms with Crippen molar-refractivity contribution in [1.29, 1.82) is 0 Å². The monoisotopic (exact) mass is 229 g/mol. The zero-order valence-electron chi connectivity index (χ0n) is 9.20. The first-order valence-electron chi connectivity index (χ1n) is 5.04. The zero-order chi connectivity index (χ0) is 11.8. The highest BCUT2D eigenvalue weighted by Gasteiger charge is 2.02. The van der Waals surface area contributed by atoms with Crippen LogP contribution in [0.15, 0.2) is 18.2 Å². The van der Waals surface area contributed by atoms with Crippen molar-refractivity contribution in [2.24, 2.45) is 0 Å². The lowest BCUT2D eigenvalue weighted by Crippen LogP contribution is -2.11. The van der Waals surface area contributed by atoms with Crippen molar-refractivity contribution < 1.29 is 19.0 Å². The number of hydrogen-bond donors (Lipinski definition) is 2. The maximum Gasteiger partial charge on any atom is 0.165 e. The van der Waals surface area contributed by atoms with Crippen molar-refractivity contribution in [2.45, 2.75) is 0 Å². The standard InChI is InChI=1S/C11H16FNO3/c1-15-11-8-9(2-3-10(11)12)13-4-6-16-7-5-14/h2-3,8,13-14H,4-7H2,1H3. The first kappa shape index (κ1) is 12.7. The molecule has 16 heavy (non-hydrogen) atoms. The van der Waals surface area contributed by atoms with Crippen LogP contribution in [0.25, 0.3) is 0 Å². The minimum atomic E-state index is -0.385. The number of rotatable bonds is 7. The normalized spacial score (nSPS) is 10.2. The van der Waals surface area contributed by atoms with Crippen LogP contribution < -0.4 is 10.1 Å². The Bertz CT molecular complexity index is 320. The van der Waals surface area contributed by atoms with Crippen molar-refractivity contribution in [3.63, 3.8) is 0 Å². The highest BCUT2D eigenvalue weighted by Crippen LogP contribution is 2.21. The van der Waals surface area contributed by atoms with Gasteiger partial charge in [0, 0.05) is 18.3 Å². The molecule has 0 spiro atoms. The lowest BCUT2D eigenvalue weighted by Gasteiger charge is -2.08. The SMILES string of the molecule is COc1cc(NCCOCCO)ccc1F. The molecule has 1 rings (SSSR count). The molecule has 1 aromatic rings. The largest absolute Gasteiger partial charge is 0.494 e. The van der Waals surface area contributed by atoms with Gasteiger partial charge in [-0.2, -0.15) is 0 Å². The average molecular weight is 229 g/mol. The van der Waals surface area contributed by atoms with E-state index in [1.165, 1.54) is 13.2 Å². The quantitative estimate of drug-likeness (QED) is 0.691. The Morgan fingerprint density at radius 2 is 2.19 bits per heavy atom. The van der Waals surface area contributed by atoms with Gasteiger partial charge in [0.25, 0.3) is 0 Å². The lowest BCUT2D eigenvalue weighted by atomic mass is 10.3. The molecular formula is C11H16FNO3. The van der Waals surface area contributed by atoms with Crippen LogP contribution in [-0.4, -0.2) is 38.6 Å². The van der Waals surface area contributed by atoms with Gasteiger partial charge in [0.2, 0.25) is 0 Å². The van der Waals surface area contributed by atoms with E-state index in [-0.39, 0.29) is 18.2 Å². The molecule has 5 heteroatoms. The van der Waals surface area contributed by atoms with Crippen LogP contribution in [-0.2, 0) is 4.74 Å². The molecule has 0 aliphatic carbocycles. The van der Waals surface area contributed by atoms with Gasteiger partial charge in [0.1, 0.15) is 0 Å². The van der Waals surface area contributed by atoms with Crippen molar-refractivity contribution in [3.8, 4) is 5.75 Å². The molecular weight excluding hydrogens is 213 g/mol. The molecule has 0 amide bonds. The van der Waals surface area contributed by atoms with E-state index in [4.69, 9.17) is 14.6 Å². The van der Waals surface area contributed by atoms with Crippen molar-refractivity contribution >= 4 is 5.69 Å². The first-order chi connectivity index (χ1) is 7.77. The first-order valence-corrected chi connectivity index (χ1v) is 5.04. The second-order valence-corrected chi connectivity index (χ2v) is 3.11. The summed E-state index contributed by atoms with van der Waals surface area (Å²) in [4.78, 5) is 0. The molecule has 0 atom stereocenters. The van der Waals surface area contributed by atoms with E-state index in [0.717, 1.165) is 5.69 Å². The van der Waals surface area contributed by atoms with Crippen LogP contribution >= 0.6 is 0 Å². The third-order valence-corrected chi connectivity index (χ3v) is 1.96. The number of nitrogens with one attached hydrogen (secondary N) is 1. The van der Waals surface area contributed by atoms with E-state index >= 15 is 0 Å². The van der Waals surface area contributed by atoms with Crippen LogP contribution in [0.2, 0.25) is 0 Å². The summed E-state index contributed by atoms with van der Waals surface area (Å²) in [6.07, 6.45) is 0. The number of aliphatic hydroxyl groups excluding tert-OH is 1. The van der Waals surface area contributed by atoms with Gasteiger partial charge >= 0.3 is 0 Å². The van der Waals surface area contributed by atoms with Crippen LogP contribution in [0, 0.1) is 5.82 Å². The van der Waals surface area contributed by atoms with Crippen LogP contribution in [0.1, 0.15) is 0 Å². The summed E-state index contributed by atoms with van der Waals surface area (Å²) < 4.78 is 23.0. The summed E-state index contributed by atoms with van der Waals surface area (Å²) in [5.74, 6) is -0.175. The fourth-order valence-electron chi connectivity index (χ4n) is 1.20. The lowest BCUT2D eigenvalue weighted by molar-refractivity contribution is 0.0992. The summed E-state index contributed by atoms with van der Waals surface area (Å²) in [6, 6.07) is 4.56. The van der Waals surface area contributed by atoms with Gasteiger partial charge in [-0.15, -0.1) is 0 Å². The Labute approximate surface area is 94.0 Å². The fraction of sp³-hybridized carbons (Fsp3) is 0.455. The molecule has 0 radical (unpaired) electrons. The summed E-state index contributed by atoms with van der Waals surface area (Å²) in [5, 5.41) is 11.5. The van der Waals surface area contributed by atoms with E-state index < -0.39 is 0 Å². The Balaban J connectivity index is 2.36. The molecule has 0 aliphatic rings. The molecule has 0 heterocycles. The second-order valence-electron chi connectivity index (χ2n) is 3.11. The predicted octanol–water partition coefficient (Wildman–Crippen LogP) is 1.26. The third kappa shape index (κ3) is 4.04.